The fourth-order valence-electron chi connectivity index (χ4n) is 2.12. The van der Waals surface area contributed by atoms with Crippen LogP contribution in [0.15, 0.2) is 16.8 Å². The van der Waals surface area contributed by atoms with E-state index in [2.05, 4.69) is 27.0 Å². The van der Waals surface area contributed by atoms with E-state index in [0.29, 0.717) is 6.54 Å². The molecule has 2 atom stereocenters. The van der Waals surface area contributed by atoms with E-state index in [0.717, 1.165) is 0 Å². The Balaban J connectivity index is 2.66. The van der Waals surface area contributed by atoms with Crippen molar-refractivity contribution in [1.29, 1.82) is 0 Å². The van der Waals surface area contributed by atoms with Gasteiger partial charge in [0, 0.05) is 13.5 Å². The van der Waals surface area contributed by atoms with Crippen molar-refractivity contribution in [3.8, 4) is 0 Å². The largest absolute Gasteiger partial charge is 0.352 e. The van der Waals surface area contributed by atoms with Crippen molar-refractivity contribution >= 4 is 23.2 Å². The van der Waals surface area contributed by atoms with Gasteiger partial charge in [0.25, 0.3) is 0 Å². The summed E-state index contributed by atoms with van der Waals surface area (Å²) in [6.07, 6.45) is 0. The summed E-state index contributed by atoms with van der Waals surface area (Å²) in [5.41, 5.74) is 1.19. The highest BCUT2D eigenvalue weighted by Crippen LogP contribution is 2.20. The fourth-order valence-corrected chi connectivity index (χ4v) is 2.83. The predicted molar refractivity (Wildman–Crippen MR) is 86.2 cm³/mol. The van der Waals surface area contributed by atoms with Crippen molar-refractivity contribution in [3.63, 3.8) is 0 Å². The van der Waals surface area contributed by atoms with E-state index >= 15 is 0 Å². The number of hydrogen-bond acceptors (Lipinski definition) is 4. The smallest absolute Gasteiger partial charge is 0.242 e. The number of amides is 2. The summed E-state index contributed by atoms with van der Waals surface area (Å²) < 4.78 is 0. The van der Waals surface area contributed by atoms with Crippen LogP contribution in [0.1, 0.15) is 32.4 Å². The number of nitrogens with one attached hydrogen (secondary N) is 2. The second-order valence-electron chi connectivity index (χ2n) is 5.70. The standard InChI is InChI=1S/C15H25N3O2S/c1-10(2)14(17-11(3)19)15(20)16-8-13(18(4)5)12-6-7-21-9-12/h6-7,9-10,13-14H,8H2,1-5H3,(H,16,20)(H,17,19)/t13-,14-/m1/s1. The SMILES string of the molecule is CC(=O)N[C@@H](C(=O)NC[C@H](c1ccsc1)N(C)C)C(C)C. The normalized spacial score (nSPS) is 14.0. The molecule has 0 unspecified atom stereocenters. The molecule has 6 heteroatoms. The molecule has 21 heavy (non-hydrogen) atoms. The molecule has 1 rings (SSSR count). The van der Waals surface area contributed by atoms with Crippen LogP contribution >= 0.6 is 11.3 Å². The van der Waals surface area contributed by atoms with Crippen LogP contribution in [0.3, 0.4) is 0 Å². The predicted octanol–water partition coefficient (Wildman–Crippen LogP) is 1.63. The molecule has 0 spiro atoms. The number of nitrogens with zero attached hydrogens (tertiary/aromatic N) is 1. The lowest BCUT2D eigenvalue weighted by Crippen LogP contribution is -2.50. The van der Waals surface area contributed by atoms with E-state index < -0.39 is 6.04 Å². The summed E-state index contributed by atoms with van der Waals surface area (Å²) >= 11 is 1.64. The van der Waals surface area contributed by atoms with Crippen LogP contribution in [0.2, 0.25) is 0 Å². The molecule has 0 aliphatic rings. The third-order valence-electron chi connectivity index (χ3n) is 3.33. The Morgan fingerprint density at radius 2 is 2.00 bits per heavy atom. The second kappa shape index (κ2) is 8.14. The van der Waals surface area contributed by atoms with Gasteiger partial charge >= 0.3 is 0 Å². The maximum Gasteiger partial charge on any atom is 0.242 e. The van der Waals surface area contributed by atoms with Gasteiger partial charge < -0.3 is 15.5 Å². The Hall–Kier alpha value is -1.40. The molecule has 0 saturated carbocycles. The Morgan fingerprint density at radius 1 is 1.33 bits per heavy atom. The average Bonchev–Trinajstić information content (AvgIpc) is 2.88. The van der Waals surface area contributed by atoms with Gasteiger partial charge in [-0.2, -0.15) is 11.3 Å². The number of rotatable bonds is 7. The lowest BCUT2D eigenvalue weighted by molar-refractivity contribution is -0.129. The van der Waals surface area contributed by atoms with Crippen molar-refractivity contribution in [2.45, 2.75) is 32.9 Å². The molecule has 0 aliphatic carbocycles. The monoisotopic (exact) mass is 311 g/mol. The molecule has 2 N–H and O–H groups in total. The third kappa shape index (κ3) is 5.47. The van der Waals surface area contributed by atoms with Gasteiger partial charge in [0.15, 0.2) is 0 Å². The summed E-state index contributed by atoms with van der Waals surface area (Å²) in [7, 11) is 3.98. The summed E-state index contributed by atoms with van der Waals surface area (Å²) in [5, 5.41) is 9.77. The number of carbonyl (C=O) groups is 2. The Kier molecular flexibility index (Phi) is 6.84. The van der Waals surface area contributed by atoms with Crippen LogP contribution in [0.25, 0.3) is 0 Å². The Morgan fingerprint density at radius 3 is 2.43 bits per heavy atom. The van der Waals surface area contributed by atoms with Crippen LogP contribution in [0.5, 0.6) is 0 Å². The molecule has 0 fully saturated rings. The van der Waals surface area contributed by atoms with Crippen LogP contribution < -0.4 is 10.6 Å². The van der Waals surface area contributed by atoms with Crippen LogP contribution in [-0.4, -0.2) is 43.4 Å². The molecule has 1 aromatic rings. The quantitative estimate of drug-likeness (QED) is 0.804. The number of hydrogen-bond donors (Lipinski definition) is 2. The highest BCUT2D eigenvalue weighted by Gasteiger charge is 2.24. The average molecular weight is 311 g/mol. The minimum Gasteiger partial charge on any atom is -0.352 e. The van der Waals surface area contributed by atoms with Crippen molar-refractivity contribution < 1.29 is 9.59 Å². The Bertz CT molecular complexity index is 457. The van der Waals surface area contributed by atoms with E-state index in [4.69, 9.17) is 0 Å². The first-order chi connectivity index (χ1) is 9.82. The van der Waals surface area contributed by atoms with Gasteiger partial charge in [0.05, 0.1) is 6.04 Å². The first-order valence-corrected chi connectivity index (χ1v) is 8.00. The van der Waals surface area contributed by atoms with Crippen molar-refractivity contribution in [3.05, 3.63) is 22.4 Å². The molecule has 2 amide bonds. The number of thiophene rings is 1. The van der Waals surface area contributed by atoms with Gasteiger partial charge in [-0.25, -0.2) is 0 Å². The van der Waals surface area contributed by atoms with E-state index in [1.165, 1.54) is 12.5 Å². The van der Waals surface area contributed by atoms with E-state index in [-0.39, 0.29) is 23.8 Å². The van der Waals surface area contributed by atoms with Gasteiger partial charge in [-0.05, 0) is 42.4 Å². The minimum atomic E-state index is -0.493. The first-order valence-electron chi connectivity index (χ1n) is 7.06. The zero-order valence-electron chi connectivity index (χ0n) is 13.3. The topological polar surface area (TPSA) is 61.4 Å². The summed E-state index contributed by atoms with van der Waals surface area (Å²) in [5.74, 6) is -0.277. The molecule has 1 heterocycles. The Labute approximate surface area is 130 Å². The lowest BCUT2D eigenvalue weighted by atomic mass is 10.0. The molecule has 0 radical (unpaired) electrons. The first kappa shape index (κ1) is 17.7. The maximum absolute atomic E-state index is 12.3. The van der Waals surface area contributed by atoms with Crippen LogP contribution in [0, 0.1) is 5.92 Å². The van der Waals surface area contributed by atoms with Gasteiger partial charge in [-0.1, -0.05) is 13.8 Å². The van der Waals surface area contributed by atoms with Gasteiger partial charge in [-0.3, -0.25) is 9.59 Å². The summed E-state index contributed by atoms with van der Waals surface area (Å²) in [6, 6.07) is 1.70. The maximum atomic E-state index is 12.3. The van der Waals surface area contributed by atoms with Crippen molar-refractivity contribution in [2.75, 3.05) is 20.6 Å². The highest BCUT2D eigenvalue weighted by molar-refractivity contribution is 7.07. The molecule has 118 valence electrons. The number of likely N-dealkylation sites (N-methyl/N-ethyl adjacent to an activating group) is 1. The summed E-state index contributed by atoms with van der Waals surface area (Å²) in [6.45, 7) is 5.78. The molecule has 1 aromatic heterocycles. The van der Waals surface area contributed by atoms with E-state index in [1.807, 2.05) is 33.3 Å². The van der Waals surface area contributed by atoms with Crippen LogP contribution in [-0.2, 0) is 9.59 Å². The molecule has 0 bridgehead atoms. The fraction of sp³-hybridized carbons (Fsp3) is 0.600. The zero-order valence-corrected chi connectivity index (χ0v) is 14.2. The summed E-state index contributed by atoms with van der Waals surface area (Å²) in [4.78, 5) is 25.5. The highest BCUT2D eigenvalue weighted by atomic mass is 32.1. The van der Waals surface area contributed by atoms with Crippen LogP contribution in [0.4, 0.5) is 0 Å². The van der Waals surface area contributed by atoms with Gasteiger partial charge in [-0.15, -0.1) is 0 Å². The number of carbonyl (C=O) groups excluding carboxylic acids is 2. The van der Waals surface area contributed by atoms with Crippen molar-refractivity contribution in [1.82, 2.24) is 15.5 Å². The molecular weight excluding hydrogens is 286 g/mol. The lowest BCUT2D eigenvalue weighted by Gasteiger charge is -2.26. The molecular formula is C15H25N3O2S. The van der Waals surface area contributed by atoms with Gasteiger partial charge in [0.2, 0.25) is 11.8 Å². The zero-order chi connectivity index (χ0) is 16.0. The minimum absolute atomic E-state index is 0.0489. The molecule has 0 aromatic carbocycles. The van der Waals surface area contributed by atoms with Gasteiger partial charge in [0.1, 0.15) is 6.04 Å². The molecule has 5 nitrogen and oxygen atoms in total. The molecule has 0 aliphatic heterocycles. The van der Waals surface area contributed by atoms with Crippen molar-refractivity contribution in [2.24, 2.45) is 5.92 Å². The third-order valence-corrected chi connectivity index (χ3v) is 4.03. The molecule has 0 saturated heterocycles. The second-order valence-corrected chi connectivity index (χ2v) is 6.48. The van der Waals surface area contributed by atoms with E-state index in [1.54, 1.807) is 11.3 Å². The van der Waals surface area contributed by atoms with E-state index in [9.17, 15) is 9.59 Å².